The maximum Gasteiger partial charge on any atom is 0.328 e. The van der Waals surface area contributed by atoms with Gasteiger partial charge in [0.1, 0.15) is 17.4 Å². The highest BCUT2D eigenvalue weighted by atomic mass is 35.5. The quantitative estimate of drug-likeness (QED) is 0.647. The zero-order chi connectivity index (χ0) is 14.5. The van der Waals surface area contributed by atoms with Crippen LogP contribution in [0.1, 0.15) is 5.69 Å². The van der Waals surface area contributed by atoms with E-state index in [4.69, 9.17) is 21.4 Å². The lowest BCUT2D eigenvalue weighted by Gasteiger charge is -2.02. The summed E-state index contributed by atoms with van der Waals surface area (Å²) in [4.78, 5) is 24.8. The topological polar surface area (TPSA) is 115 Å². The third-order valence-corrected chi connectivity index (χ3v) is 2.61. The fourth-order valence-electron chi connectivity index (χ4n) is 1.47. The number of aromatic amines is 1. The van der Waals surface area contributed by atoms with E-state index in [0.29, 0.717) is 5.69 Å². The predicted molar refractivity (Wildman–Crippen MR) is 68.5 cm³/mol. The van der Waals surface area contributed by atoms with Crippen LogP contribution >= 0.6 is 11.6 Å². The average molecular weight is 302 g/mol. The number of hydrogen-bond acceptors (Lipinski definition) is 6. The first-order valence-electron chi connectivity index (χ1n) is 5.67. The number of H-pyrrole nitrogens is 1. The summed E-state index contributed by atoms with van der Waals surface area (Å²) in [5.41, 5.74) is -0.706. The van der Waals surface area contributed by atoms with Gasteiger partial charge in [0.05, 0.1) is 26.0 Å². The van der Waals surface area contributed by atoms with Crippen molar-refractivity contribution < 1.29 is 9.84 Å². The van der Waals surface area contributed by atoms with E-state index in [-0.39, 0.29) is 31.5 Å². The number of nitrogens with one attached hydrogen (secondary N) is 1. The molecule has 0 spiro atoms. The van der Waals surface area contributed by atoms with Crippen molar-refractivity contribution in [1.29, 1.82) is 0 Å². The van der Waals surface area contributed by atoms with Gasteiger partial charge >= 0.3 is 5.69 Å². The van der Waals surface area contributed by atoms with Crippen molar-refractivity contribution in [2.24, 2.45) is 0 Å². The van der Waals surface area contributed by atoms with Crippen LogP contribution in [0.4, 0.5) is 0 Å². The molecule has 0 aliphatic carbocycles. The van der Waals surface area contributed by atoms with Crippen LogP contribution in [-0.2, 0) is 18.0 Å². The second-order valence-corrected chi connectivity index (χ2v) is 4.28. The van der Waals surface area contributed by atoms with E-state index in [0.717, 1.165) is 0 Å². The zero-order valence-electron chi connectivity index (χ0n) is 10.3. The summed E-state index contributed by atoms with van der Waals surface area (Å²) >= 11 is 5.65. The number of aliphatic hydroxyl groups excluding tert-OH is 1. The van der Waals surface area contributed by atoms with Gasteiger partial charge in [0.2, 0.25) is 0 Å². The summed E-state index contributed by atoms with van der Waals surface area (Å²) in [7, 11) is 0. The number of rotatable bonds is 6. The number of aliphatic hydroxyl groups is 1. The highest BCUT2D eigenvalue weighted by molar-refractivity contribution is 6.30. The lowest BCUT2D eigenvalue weighted by molar-refractivity contribution is 0.0409. The molecule has 0 fully saturated rings. The van der Waals surface area contributed by atoms with E-state index in [9.17, 15) is 9.59 Å². The SMILES string of the molecule is O=c1[nH]c(=O)n(Cc2cn(COCCO)nn2)cc1Cl. The Balaban J connectivity index is 2.09. The van der Waals surface area contributed by atoms with Crippen LogP contribution in [0.2, 0.25) is 5.02 Å². The molecule has 2 rings (SSSR count). The molecule has 2 heterocycles. The van der Waals surface area contributed by atoms with E-state index in [1.807, 2.05) is 0 Å². The molecule has 2 aromatic rings. The van der Waals surface area contributed by atoms with Crippen LogP contribution in [-0.4, -0.2) is 42.9 Å². The van der Waals surface area contributed by atoms with Crippen molar-refractivity contribution in [3.63, 3.8) is 0 Å². The molecule has 0 unspecified atom stereocenters. The Kier molecular flexibility index (Phi) is 4.66. The van der Waals surface area contributed by atoms with Gasteiger partial charge in [-0.25, -0.2) is 9.48 Å². The Hall–Kier alpha value is -1.97. The van der Waals surface area contributed by atoms with Gasteiger partial charge < -0.3 is 9.84 Å². The van der Waals surface area contributed by atoms with Crippen LogP contribution in [0.3, 0.4) is 0 Å². The first-order chi connectivity index (χ1) is 9.60. The summed E-state index contributed by atoms with van der Waals surface area (Å²) < 4.78 is 7.70. The maximum atomic E-state index is 11.6. The predicted octanol–water partition coefficient (Wildman–Crippen LogP) is -1.20. The molecule has 0 saturated carbocycles. The van der Waals surface area contributed by atoms with Gasteiger partial charge in [0.15, 0.2) is 0 Å². The largest absolute Gasteiger partial charge is 0.394 e. The number of ether oxygens (including phenoxy) is 1. The minimum Gasteiger partial charge on any atom is -0.394 e. The monoisotopic (exact) mass is 301 g/mol. The second-order valence-electron chi connectivity index (χ2n) is 3.87. The molecule has 0 bridgehead atoms. The first kappa shape index (κ1) is 14.4. The molecular formula is C10H12ClN5O4. The fourth-order valence-corrected chi connectivity index (χ4v) is 1.64. The van der Waals surface area contributed by atoms with Crippen molar-refractivity contribution in [3.05, 3.63) is 43.9 Å². The first-order valence-corrected chi connectivity index (χ1v) is 6.05. The van der Waals surface area contributed by atoms with E-state index >= 15 is 0 Å². The summed E-state index contributed by atoms with van der Waals surface area (Å²) in [6.45, 7) is 0.390. The molecule has 0 amide bonds. The molecule has 0 aliphatic heterocycles. The molecule has 2 N–H and O–H groups in total. The molecule has 10 heteroatoms. The molecule has 108 valence electrons. The Morgan fingerprint density at radius 2 is 2.20 bits per heavy atom. The van der Waals surface area contributed by atoms with Gasteiger partial charge in [-0.2, -0.15) is 0 Å². The standard InChI is InChI=1S/C10H12ClN5O4/c11-8-5-15(10(19)12-9(8)18)3-7-4-16(14-13-7)6-20-2-1-17/h4-5,17H,1-3,6H2,(H,12,18,19). The number of aromatic nitrogens is 5. The van der Waals surface area contributed by atoms with Crippen molar-refractivity contribution >= 4 is 11.6 Å². The second kappa shape index (κ2) is 6.46. The molecule has 0 aromatic carbocycles. The van der Waals surface area contributed by atoms with Gasteiger partial charge in [0.25, 0.3) is 5.56 Å². The molecule has 9 nitrogen and oxygen atoms in total. The highest BCUT2D eigenvalue weighted by Crippen LogP contribution is 2.00. The van der Waals surface area contributed by atoms with Crippen molar-refractivity contribution in [2.75, 3.05) is 13.2 Å². The van der Waals surface area contributed by atoms with Gasteiger partial charge in [-0.05, 0) is 0 Å². The summed E-state index contributed by atoms with van der Waals surface area (Å²) in [6.07, 6.45) is 2.83. The van der Waals surface area contributed by atoms with E-state index in [1.54, 1.807) is 6.20 Å². The lowest BCUT2D eigenvalue weighted by Crippen LogP contribution is -2.30. The molecule has 20 heavy (non-hydrogen) atoms. The number of nitrogens with zero attached hydrogens (tertiary/aromatic N) is 4. The van der Waals surface area contributed by atoms with Gasteiger partial charge in [-0.3, -0.25) is 14.3 Å². The fraction of sp³-hybridized carbons (Fsp3) is 0.400. The summed E-state index contributed by atoms with van der Waals surface area (Å²) in [5, 5.41) is 16.1. The zero-order valence-corrected chi connectivity index (χ0v) is 11.1. The molecule has 0 atom stereocenters. The Morgan fingerprint density at radius 3 is 2.95 bits per heavy atom. The van der Waals surface area contributed by atoms with Crippen LogP contribution in [0.25, 0.3) is 0 Å². The van der Waals surface area contributed by atoms with Crippen molar-refractivity contribution in [1.82, 2.24) is 24.5 Å². The molecular weight excluding hydrogens is 290 g/mol. The van der Waals surface area contributed by atoms with Gasteiger partial charge in [0, 0.05) is 6.20 Å². The Bertz CT molecular complexity index is 691. The lowest BCUT2D eigenvalue weighted by atomic mass is 10.4. The molecule has 0 saturated heterocycles. The van der Waals surface area contributed by atoms with Crippen molar-refractivity contribution in [2.45, 2.75) is 13.3 Å². The van der Waals surface area contributed by atoms with Gasteiger partial charge in [-0.1, -0.05) is 16.8 Å². The highest BCUT2D eigenvalue weighted by Gasteiger charge is 2.06. The van der Waals surface area contributed by atoms with E-state index in [2.05, 4.69) is 15.3 Å². The van der Waals surface area contributed by atoms with Crippen molar-refractivity contribution in [3.8, 4) is 0 Å². The third-order valence-electron chi connectivity index (χ3n) is 2.35. The Labute approximate surface area is 117 Å². The van der Waals surface area contributed by atoms with Crippen LogP contribution < -0.4 is 11.2 Å². The van der Waals surface area contributed by atoms with Gasteiger partial charge in [-0.15, -0.1) is 5.10 Å². The molecule has 0 radical (unpaired) electrons. The Morgan fingerprint density at radius 1 is 1.40 bits per heavy atom. The maximum absolute atomic E-state index is 11.6. The van der Waals surface area contributed by atoms with Crippen LogP contribution in [0, 0.1) is 0 Å². The summed E-state index contributed by atoms with van der Waals surface area (Å²) in [6, 6.07) is 0. The minimum atomic E-state index is -0.631. The minimum absolute atomic E-state index is 0.0766. The average Bonchev–Trinajstić information content (AvgIpc) is 2.84. The van der Waals surface area contributed by atoms with Crippen LogP contribution in [0.15, 0.2) is 22.0 Å². The molecule has 2 aromatic heterocycles. The van der Waals surface area contributed by atoms with E-state index in [1.165, 1.54) is 15.4 Å². The van der Waals surface area contributed by atoms with E-state index < -0.39 is 11.2 Å². The molecule has 0 aliphatic rings. The smallest absolute Gasteiger partial charge is 0.328 e. The third kappa shape index (κ3) is 3.53. The van der Waals surface area contributed by atoms with Crippen LogP contribution in [0.5, 0.6) is 0 Å². The number of hydrogen-bond donors (Lipinski definition) is 2. The number of halogens is 1. The normalized spacial score (nSPS) is 10.9. The summed E-state index contributed by atoms with van der Waals surface area (Å²) in [5.74, 6) is 0.